The van der Waals surface area contributed by atoms with Gasteiger partial charge < -0.3 is 18.4 Å². The van der Waals surface area contributed by atoms with Gasteiger partial charge in [-0.1, -0.05) is 367 Å². The Bertz CT molecular complexity index is 8300. The molecule has 6 heteroatoms. The summed E-state index contributed by atoms with van der Waals surface area (Å²) in [5, 5.41) is 24.6. The minimum Gasteiger partial charge on any atom is -0.496 e. The lowest BCUT2D eigenvalue weighted by Crippen LogP contribution is -2.10. The van der Waals surface area contributed by atoms with Gasteiger partial charge in [0.2, 0.25) is 0 Å². The number of pyridine rings is 2. The maximum atomic E-state index is 6.14. The van der Waals surface area contributed by atoms with Crippen LogP contribution >= 0.6 is 0 Å². The second-order valence-electron chi connectivity index (χ2n) is 34.1. The maximum Gasteiger partial charge on any atom is 0.127 e. The molecule has 127 heavy (non-hydrogen) atoms. The number of rotatable bonds is 10. The van der Waals surface area contributed by atoms with E-state index in [2.05, 4.69) is 465 Å². The predicted octanol–water partition coefficient (Wildman–Crippen LogP) is 32.5. The van der Waals surface area contributed by atoms with Crippen LogP contribution in [0.1, 0.15) is 26.3 Å². The van der Waals surface area contributed by atoms with Crippen LogP contribution in [-0.2, 0) is 5.41 Å². The third kappa shape index (κ3) is 12.9. The number of nitrogens with zero attached hydrogens (tertiary/aromatic N) is 5. The van der Waals surface area contributed by atoms with Crippen molar-refractivity contribution >= 4 is 141 Å². The summed E-state index contributed by atoms with van der Waals surface area (Å²) in [6, 6.07) is 155. The molecule has 0 spiro atoms. The highest BCUT2D eigenvalue weighted by Crippen LogP contribution is 2.50. The van der Waals surface area contributed by atoms with E-state index in [0.717, 1.165) is 50.5 Å². The molecule has 5 heterocycles. The topological polar surface area (TPSA) is 49.8 Å². The zero-order chi connectivity index (χ0) is 84.8. The molecule has 0 aliphatic carbocycles. The molecule has 5 aromatic heterocycles. The van der Waals surface area contributed by atoms with E-state index in [1.807, 2.05) is 12.4 Å². The number of methoxy groups -OCH3 is 1. The van der Waals surface area contributed by atoms with Crippen LogP contribution in [0, 0.1) is 0 Å². The third-order valence-corrected chi connectivity index (χ3v) is 25.9. The second-order valence-corrected chi connectivity index (χ2v) is 34.1. The van der Waals surface area contributed by atoms with Gasteiger partial charge in [0, 0.05) is 54.5 Å². The lowest BCUT2D eigenvalue weighted by molar-refractivity contribution is 0.420. The summed E-state index contributed by atoms with van der Waals surface area (Å²) in [5.41, 5.74) is 26.1. The van der Waals surface area contributed by atoms with E-state index >= 15 is 0 Å². The van der Waals surface area contributed by atoms with Gasteiger partial charge in [-0.2, -0.15) is 0 Å². The molecule has 25 aromatic rings. The van der Waals surface area contributed by atoms with Crippen molar-refractivity contribution in [1.29, 1.82) is 0 Å². The van der Waals surface area contributed by atoms with Gasteiger partial charge in [0.25, 0.3) is 0 Å². The standard InChI is InChI=1S/C43H29NO.C41H32N2.C37H24N2/c1-45-41-26-30(43-36-19-7-5-17-34(36)42(28-13-3-2-4-14-28)35-18-6-8-20-37(35)43)25-29-23-24-31(27-38(29)41)44-39-21-11-9-15-32(39)33-16-10-12-22-40(33)44;1-41(2,3)28-22-20-27(21-23-28)39-32-14-4-6-16-34(32)40(35-17-7-5-15-33(35)39)36-25-24-29(26-42-36)43-37-18-10-8-12-30(37)31-13-9-11-19-38(31)43;1-2-12-25(13-3-1)36-29-16-4-6-18-31(29)37(32-19-7-5-17-30(32)36)33-23-22-26(24-38-33)39-34-20-10-8-14-27(34)28-15-9-11-21-35(28)39/h2-27H,1H3;4-26H,1-3H3;1-24H. The smallest absolute Gasteiger partial charge is 0.127 e. The van der Waals surface area contributed by atoms with Crippen LogP contribution in [0.5, 0.6) is 5.75 Å². The molecule has 0 saturated carbocycles. The number of hydrogen-bond acceptors (Lipinski definition) is 3. The Morgan fingerprint density at radius 2 is 0.457 bits per heavy atom. The van der Waals surface area contributed by atoms with E-state index in [9.17, 15) is 0 Å². The molecule has 0 radical (unpaired) electrons. The molecular weight excluding hydrogens is 1540 g/mol. The van der Waals surface area contributed by atoms with Crippen molar-refractivity contribution in [3.8, 4) is 89.8 Å². The molecule has 0 saturated heterocycles. The zero-order valence-electron chi connectivity index (χ0n) is 70.8. The molecule has 0 aliphatic rings. The van der Waals surface area contributed by atoms with E-state index in [-0.39, 0.29) is 5.41 Å². The Hall–Kier alpha value is -16.3. The molecule has 0 fully saturated rings. The summed E-state index contributed by atoms with van der Waals surface area (Å²) < 4.78 is 13.1. The third-order valence-electron chi connectivity index (χ3n) is 25.9. The first-order chi connectivity index (χ1) is 62.7. The Labute approximate surface area is 736 Å². The van der Waals surface area contributed by atoms with Crippen molar-refractivity contribution in [3.63, 3.8) is 0 Å². The van der Waals surface area contributed by atoms with Gasteiger partial charge >= 0.3 is 0 Å². The van der Waals surface area contributed by atoms with Crippen LogP contribution < -0.4 is 4.74 Å². The van der Waals surface area contributed by atoms with Crippen LogP contribution in [0.25, 0.3) is 225 Å². The summed E-state index contributed by atoms with van der Waals surface area (Å²) in [6.45, 7) is 6.80. The zero-order valence-corrected chi connectivity index (χ0v) is 70.8. The van der Waals surface area contributed by atoms with Crippen molar-refractivity contribution in [2.75, 3.05) is 7.11 Å². The SMILES string of the molecule is CC(C)(C)c1ccc(-c2c3ccccc3c(-c3ccc(-n4c5ccccc5c5ccccc54)cn3)c3ccccc23)cc1.COc1cc(-c2c3ccccc3c(-c3ccccc3)c3ccccc23)cc2ccc(-n3c4ccccc4c4ccccc43)cc12.c1ccc(-c2c3ccccc3c(-c3ccc(-n4c5ccccc5c5ccccc54)cn3)c3ccccc23)cc1. The molecule has 20 aromatic carbocycles. The molecule has 0 N–H and O–H groups in total. The quantitative estimate of drug-likeness (QED) is 0.128. The van der Waals surface area contributed by atoms with Crippen molar-refractivity contribution in [3.05, 3.63) is 449 Å². The van der Waals surface area contributed by atoms with E-state index in [0.29, 0.717) is 0 Å². The molecular formula is C121H85N5O. The highest BCUT2D eigenvalue weighted by molar-refractivity contribution is 6.25. The van der Waals surface area contributed by atoms with Gasteiger partial charge in [-0.05, 0) is 210 Å². The average Bonchev–Trinajstić information content (AvgIpc) is 0.996. The molecule has 0 atom stereocenters. The van der Waals surface area contributed by atoms with Crippen LogP contribution in [0.3, 0.4) is 0 Å². The maximum absolute atomic E-state index is 6.14. The van der Waals surface area contributed by atoms with Crippen molar-refractivity contribution in [2.45, 2.75) is 26.2 Å². The summed E-state index contributed by atoms with van der Waals surface area (Å²) in [4.78, 5) is 10.2. The summed E-state index contributed by atoms with van der Waals surface area (Å²) in [5.74, 6) is 0.866. The molecule has 0 unspecified atom stereocenters. The lowest BCUT2D eigenvalue weighted by Gasteiger charge is -2.20. The first-order valence-corrected chi connectivity index (χ1v) is 43.7. The number of para-hydroxylation sites is 6. The Balaban J connectivity index is 0.000000110. The number of ether oxygens (including phenoxy) is 1. The van der Waals surface area contributed by atoms with Crippen molar-refractivity contribution in [1.82, 2.24) is 23.7 Å². The van der Waals surface area contributed by atoms with E-state index in [1.54, 1.807) is 7.11 Å². The van der Waals surface area contributed by atoms with E-state index < -0.39 is 0 Å². The minimum absolute atomic E-state index is 0.115. The molecule has 600 valence electrons. The van der Waals surface area contributed by atoms with Crippen LogP contribution in [0.2, 0.25) is 0 Å². The number of fused-ring (bicyclic) bond motifs is 16. The van der Waals surface area contributed by atoms with Crippen molar-refractivity contribution in [2.24, 2.45) is 0 Å². The van der Waals surface area contributed by atoms with E-state index in [4.69, 9.17) is 14.7 Å². The molecule has 0 bridgehead atoms. The molecule has 0 aliphatic heterocycles. The van der Waals surface area contributed by atoms with Gasteiger partial charge in [0.15, 0.2) is 0 Å². The summed E-state index contributed by atoms with van der Waals surface area (Å²) in [7, 11) is 1.78. The second kappa shape index (κ2) is 31.2. The predicted molar refractivity (Wildman–Crippen MR) is 538 cm³/mol. The molecule has 25 rings (SSSR count). The normalized spacial score (nSPS) is 11.8. The first-order valence-electron chi connectivity index (χ1n) is 43.7. The van der Waals surface area contributed by atoms with Gasteiger partial charge in [0.05, 0.1) is 75.4 Å². The fraction of sp³-hybridized carbons (Fsp3) is 0.0413. The molecule has 6 nitrogen and oxygen atoms in total. The fourth-order valence-corrected chi connectivity index (χ4v) is 20.2. The monoisotopic (exact) mass is 1620 g/mol. The highest BCUT2D eigenvalue weighted by Gasteiger charge is 2.25. The summed E-state index contributed by atoms with van der Waals surface area (Å²) >= 11 is 0. The number of benzene rings is 20. The fourth-order valence-electron chi connectivity index (χ4n) is 20.2. The lowest BCUT2D eigenvalue weighted by atomic mass is 9.84. The van der Waals surface area contributed by atoms with Crippen LogP contribution in [0.15, 0.2) is 443 Å². The number of aromatic nitrogens is 5. The largest absolute Gasteiger partial charge is 0.496 e. The van der Waals surface area contributed by atoms with Gasteiger partial charge in [-0.15, -0.1) is 0 Å². The average molecular weight is 1630 g/mol. The Kier molecular flexibility index (Phi) is 18.6. The highest BCUT2D eigenvalue weighted by atomic mass is 16.5. The van der Waals surface area contributed by atoms with Crippen LogP contribution in [-0.4, -0.2) is 30.8 Å². The van der Waals surface area contributed by atoms with Gasteiger partial charge in [0.1, 0.15) is 5.75 Å². The summed E-state index contributed by atoms with van der Waals surface area (Å²) in [6.07, 6.45) is 4.04. The van der Waals surface area contributed by atoms with Gasteiger partial charge in [-0.25, -0.2) is 0 Å². The van der Waals surface area contributed by atoms with Crippen molar-refractivity contribution < 1.29 is 4.74 Å². The Morgan fingerprint density at radius 3 is 0.740 bits per heavy atom. The Morgan fingerprint density at radius 1 is 0.205 bits per heavy atom. The molecule has 0 amide bonds. The van der Waals surface area contributed by atoms with Gasteiger partial charge in [-0.3, -0.25) is 9.97 Å². The number of hydrogen-bond donors (Lipinski definition) is 0. The minimum atomic E-state index is 0.115. The first kappa shape index (κ1) is 75.7. The van der Waals surface area contributed by atoms with E-state index in [1.165, 1.54) is 186 Å². The van der Waals surface area contributed by atoms with Crippen LogP contribution in [0.4, 0.5) is 0 Å².